The summed E-state index contributed by atoms with van der Waals surface area (Å²) in [5.74, 6) is 1.24. The molecule has 2 aromatic rings. The summed E-state index contributed by atoms with van der Waals surface area (Å²) in [5.41, 5.74) is 1.83. The Balaban J connectivity index is 1.96. The minimum atomic E-state index is -0.257. The fourth-order valence-electron chi connectivity index (χ4n) is 2.23. The van der Waals surface area contributed by atoms with E-state index in [0.29, 0.717) is 13.2 Å². The van der Waals surface area contributed by atoms with Crippen LogP contribution in [0, 0.1) is 5.82 Å². The van der Waals surface area contributed by atoms with E-state index in [2.05, 4.69) is 31.9 Å². The zero-order chi connectivity index (χ0) is 14.8. The van der Waals surface area contributed by atoms with Crippen molar-refractivity contribution in [2.45, 2.75) is 11.2 Å². The molecule has 0 saturated carbocycles. The van der Waals surface area contributed by atoms with E-state index in [0.717, 1.165) is 33.5 Å². The highest BCUT2D eigenvalue weighted by atomic mass is 79.9. The number of hydrogen-bond donors (Lipinski definition) is 0. The highest BCUT2D eigenvalue weighted by molar-refractivity contribution is 9.11. The van der Waals surface area contributed by atoms with Gasteiger partial charge in [0.15, 0.2) is 11.5 Å². The molecule has 3 rings (SSSR count). The van der Waals surface area contributed by atoms with Crippen molar-refractivity contribution in [1.82, 2.24) is 0 Å². The maximum atomic E-state index is 13.5. The first-order valence-electron chi connectivity index (χ1n) is 6.64. The van der Waals surface area contributed by atoms with Gasteiger partial charge in [-0.25, -0.2) is 4.39 Å². The van der Waals surface area contributed by atoms with E-state index in [1.165, 1.54) is 12.1 Å². The summed E-state index contributed by atoms with van der Waals surface area (Å²) < 4.78 is 25.6. The first-order valence-corrected chi connectivity index (χ1v) is 8.34. The zero-order valence-electron chi connectivity index (χ0n) is 11.1. The number of ether oxygens (including phenoxy) is 2. The van der Waals surface area contributed by atoms with E-state index >= 15 is 0 Å². The van der Waals surface area contributed by atoms with E-state index in [9.17, 15) is 4.39 Å². The number of halogens is 3. The molecule has 5 heteroatoms. The van der Waals surface area contributed by atoms with Gasteiger partial charge in [0.2, 0.25) is 0 Å². The van der Waals surface area contributed by atoms with E-state index in [1.807, 2.05) is 18.2 Å². The lowest BCUT2D eigenvalue weighted by atomic mass is 10.0. The summed E-state index contributed by atoms with van der Waals surface area (Å²) in [4.78, 5) is -0.125. The van der Waals surface area contributed by atoms with E-state index in [4.69, 9.17) is 9.47 Å². The van der Waals surface area contributed by atoms with Crippen LogP contribution in [0.25, 0.3) is 0 Å². The van der Waals surface area contributed by atoms with Gasteiger partial charge in [0.1, 0.15) is 5.82 Å². The third-order valence-electron chi connectivity index (χ3n) is 3.30. The van der Waals surface area contributed by atoms with Crippen molar-refractivity contribution in [3.63, 3.8) is 0 Å². The number of alkyl halides is 1. The highest BCUT2D eigenvalue weighted by Crippen LogP contribution is 2.39. The van der Waals surface area contributed by atoms with Gasteiger partial charge in [-0.05, 0) is 41.5 Å². The summed E-state index contributed by atoms with van der Waals surface area (Å²) in [6, 6.07) is 10.5. The van der Waals surface area contributed by atoms with Crippen molar-refractivity contribution in [3.8, 4) is 11.5 Å². The summed E-state index contributed by atoms with van der Waals surface area (Å²) in [7, 11) is 0. The van der Waals surface area contributed by atoms with Crippen LogP contribution in [-0.4, -0.2) is 13.2 Å². The predicted octanol–water partition coefficient (Wildman–Crippen LogP) is 5.23. The zero-order valence-corrected chi connectivity index (χ0v) is 14.3. The molecule has 1 unspecified atom stereocenters. The topological polar surface area (TPSA) is 18.5 Å². The minimum absolute atomic E-state index is 0.125. The molecule has 0 amide bonds. The lowest BCUT2D eigenvalue weighted by molar-refractivity contribution is 0.297. The van der Waals surface area contributed by atoms with Gasteiger partial charge in [0.25, 0.3) is 0 Å². The van der Waals surface area contributed by atoms with Crippen LogP contribution in [0.1, 0.15) is 22.4 Å². The van der Waals surface area contributed by atoms with Crippen LogP contribution in [0.15, 0.2) is 40.9 Å². The number of fused-ring (bicyclic) bond motifs is 1. The number of hydrogen-bond acceptors (Lipinski definition) is 2. The molecule has 0 fully saturated rings. The van der Waals surface area contributed by atoms with Gasteiger partial charge < -0.3 is 9.47 Å². The highest BCUT2D eigenvalue weighted by Gasteiger charge is 2.18. The Bertz CT molecular complexity index is 661. The normalized spacial score (nSPS) is 15.4. The maximum Gasteiger partial charge on any atom is 0.161 e. The van der Waals surface area contributed by atoms with Crippen molar-refractivity contribution in [1.29, 1.82) is 0 Å². The van der Waals surface area contributed by atoms with Gasteiger partial charge in [-0.3, -0.25) is 0 Å². The van der Waals surface area contributed by atoms with Gasteiger partial charge in [-0.15, -0.1) is 0 Å². The molecule has 0 aromatic heterocycles. The van der Waals surface area contributed by atoms with Crippen LogP contribution < -0.4 is 9.47 Å². The number of benzene rings is 2. The standard InChI is InChI=1S/C16H13Br2FO2/c17-13-4-3-11(19)9-12(13)16(18)10-2-5-14-15(8-10)21-7-1-6-20-14/h2-5,8-9,16H,1,6-7H2. The molecule has 0 aliphatic carbocycles. The number of rotatable bonds is 2. The smallest absolute Gasteiger partial charge is 0.161 e. The Kier molecular flexibility index (Phi) is 4.50. The largest absolute Gasteiger partial charge is 0.490 e. The molecule has 0 N–H and O–H groups in total. The summed E-state index contributed by atoms with van der Waals surface area (Å²) in [6.07, 6.45) is 0.872. The van der Waals surface area contributed by atoms with Crippen LogP contribution in [0.3, 0.4) is 0 Å². The molecule has 110 valence electrons. The second kappa shape index (κ2) is 6.36. The van der Waals surface area contributed by atoms with Crippen molar-refractivity contribution >= 4 is 31.9 Å². The third-order valence-corrected chi connectivity index (χ3v) is 5.04. The molecular weight excluding hydrogens is 403 g/mol. The second-order valence-electron chi connectivity index (χ2n) is 4.79. The Morgan fingerprint density at radius 2 is 1.76 bits per heavy atom. The molecule has 1 aliphatic heterocycles. The molecule has 1 aliphatic rings. The molecule has 0 saturated heterocycles. The predicted molar refractivity (Wildman–Crippen MR) is 86.9 cm³/mol. The maximum absolute atomic E-state index is 13.5. The monoisotopic (exact) mass is 414 g/mol. The lowest BCUT2D eigenvalue weighted by Crippen LogP contribution is -1.98. The fourth-order valence-corrected chi connectivity index (χ4v) is 3.67. The first kappa shape index (κ1) is 14.9. The van der Waals surface area contributed by atoms with Crippen molar-refractivity contribution in [2.24, 2.45) is 0 Å². The van der Waals surface area contributed by atoms with Gasteiger partial charge in [0.05, 0.1) is 18.0 Å². The molecule has 2 aromatic carbocycles. The average molecular weight is 416 g/mol. The van der Waals surface area contributed by atoms with Crippen molar-refractivity contribution in [2.75, 3.05) is 13.2 Å². The van der Waals surface area contributed by atoms with Crippen molar-refractivity contribution < 1.29 is 13.9 Å². The SMILES string of the molecule is Fc1ccc(Br)c(C(Br)c2ccc3c(c2)OCCCO3)c1. The first-order chi connectivity index (χ1) is 10.1. The molecular formula is C16H13Br2FO2. The van der Waals surface area contributed by atoms with Gasteiger partial charge in [0, 0.05) is 10.9 Å². The molecule has 0 radical (unpaired) electrons. The molecule has 0 spiro atoms. The van der Waals surface area contributed by atoms with E-state index < -0.39 is 0 Å². The van der Waals surface area contributed by atoms with Crippen molar-refractivity contribution in [3.05, 3.63) is 57.8 Å². The van der Waals surface area contributed by atoms with Gasteiger partial charge in [-0.1, -0.05) is 37.9 Å². The van der Waals surface area contributed by atoms with Crippen LogP contribution >= 0.6 is 31.9 Å². The summed E-state index contributed by atoms with van der Waals surface area (Å²) in [6.45, 7) is 1.31. The molecule has 21 heavy (non-hydrogen) atoms. The molecule has 2 nitrogen and oxygen atoms in total. The summed E-state index contributed by atoms with van der Waals surface area (Å²) in [5, 5.41) is 0. The van der Waals surface area contributed by atoms with Crippen LogP contribution in [-0.2, 0) is 0 Å². The van der Waals surface area contributed by atoms with Crippen LogP contribution in [0.5, 0.6) is 11.5 Å². The Hall–Kier alpha value is -1.07. The van der Waals surface area contributed by atoms with Crippen LogP contribution in [0.4, 0.5) is 4.39 Å². The second-order valence-corrected chi connectivity index (χ2v) is 6.56. The summed E-state index contributed by atoms with van der Waals surface area (Å²) >= 11 is 7.10. The quantitative estimate of drug-likeness (QED) is 0.625. The van der Waals surface area contributed by atoms with E-state index in [-0.39, 0.29) is 10.6 Å². The molecule has 1 atom stereocenters. The Morgan fingerprint density at radius 3 is 2.57 bits per heavy atom. The fraction of sp³-hybridized carbons (Fsp3) is 0.250. The molecule has 1 heterocycles. The third kappa shape index (κ3) is 3.24. The van der Waals surface area contributed by atoms with Gasteiger partial charge >= 0.3 is 0 Å². The lowest BCUT2D eigenvalue weighted by Gasteiger charge is -2.15. The van der Waals surface area contributed by atoms with E-state index in [1.54, 1.807) is 6.07 Å². The minimum Gasteiger partial charge on any atom is -0.490 e. The Labute approximate surface area is 139 Å². The van der Waals surface area contributed by atoms with Gasteiger partial charge in [-0.2, -0.15) is 0 Å². The average Bonchev–Trinajstić information content (AvgIpc) is 2.73. The van der Waals surface area contributed by atoms with Crippen LogP contribution in [0.2, 0.25) is 0 Å². The Morgan fingerprint density at radius 1 is 1.00 bits per heavy atom. The molecule has 0 bridgehead atoms.